The van der Waals surface area contributed by atoms with Crippen molar-refractivity contribution in [2.24, 2.45) is 11.8 Å². The summed E-state index contributed by atoms with van der Waals surface area (Å²) in [6.45, 7) is 8.13. The van der Waals surface area contributed by atoms with Crippen LogP contribution < -0.4 is 5.32 Å². The van der Waals surface area contributed by atoms with Crippen LogP contribution in [-0.2, 0) is 4.79 Å². The van der Waals surface area contributed by atoms with Crippen molar-refractivity contribution in [1.29, 1.82) is 0 Å². The van der Waals surface area contributed by atoms with E-state index in [1.165, 1.54) is 17.5 Å². The van der Waals surface area contributed by atoms with Crippen molar-refractivity contribution >= 4 is 5.91 Å². The van der Waals surface area contributed by atoms with Crippen LogP contribution in [0.2, 0.25) is 0 Å². The van der Waals surface area contributed by atoms with Crippen LogP contribution in [0, 0.1) is 11.8 Å². The molecule has 7 heteroatoms. The first kappa shape index (κ1) is 25.6. The number of nitrogens with one attached hydrogen (secondary N) is 3. The zero-order valence-corrected chi connectivity index (χ0v) is 23.1. The summed E-state index contributed by atoms with van der Waals surface area (Å²) in [5, 5.41) is 3.50. The highest BCUT2D eigenvalue weighted by Crippen LogP contribution is 2.34. The highest BCUT2D eigenvalue weighted by atomic mass is 16.2. The number of rotatable bonds is 7. The lowest BCUT2D eigenvalue weighted by Crippen LogP contribution is -2.36. The van der Waals surface area contributed by atoms with Gasteiger partial charge in [0.05, 0.1) is 35.9 Å². The Morgan fingerprint density at radius 3 is 1.92 bits per heavy atom. The Labute approximate surface area is 230 Å². The Morgan fingerprint density at radius 2 is 1.36 bits per heavy atom. The quantitative estimate of drug-likeness (QED) is 0.258. The molecule has 0 unspecified atom stereocenters. The number of hydrogen-bond donors (Lipinski definition) is 3. The van der Waals surface area contributed by atoms with E-state index in [0.717, 1.165) is 66.5 Å². The number of amides is 1. The van der Waals surface area contributed by atoms with E-state index in [1.807, 2.05) is 24.2 Å². The van der Waals surface area contributed by atoms with Crippen LogP contribution in [0.15, 0.2) is 60.9 Å². The van der Waals surface area contributed by atoms with Gasteiger partial charge in [0.25, 0.3) is 0 Å². The van der Waals surface area contributed by atoms with Crippen LogP contribution in [0.4, 0.5) is 0 Å². The largest absolute Gasteiger partial charge is 0.341 e. The van der Waals surface area contributed by atoms with E-state index in [1.54, 1.807) is 0 Å². The van der Waals surface area contributed by atoms with Crippen molar-refractivity contribution in [2.45, 2.75) is 58.5 Å². The minimum Gasteiger partial charge on any atom is -0.341 e. The fourth-order valence-corrected chi connectivity index (χ4v) is 5.78. The topological polar surface area (TPSA) is 89.7 Å². The molecule has 7 nitrogen and oxygen atoms in total. The first-order chi connectivity index (χ1) is 19.0. The van der Waals surface area contributed by atoms with Gasteiger partial charge in [-0.1, -0.05) is 69.3 Å². The molecule has 4 aromatic rings. The van der Waals surface area contributed by atoms with E-state index >= 15 is 0 Å². The lowest BCUT2D eigenvalue weighted by molar-refractivity contribution is -0.137. The second kappa shape index (κ2) is 10.8. The van der Waals surface area contributed by atoms with Gasteiger partial charge in [0.1, 0.15) is 11.6 Å². The Hall–Kier alpha value is -3.71. The molecule has 1 amide bonds. The number of nitrogens with zero attached hydrogens (tertiary/aromatic N) is 3. The van der Waals surface area contributed by atoms with Crippen molar-refractivity contribution < 1.29 is 4.79 Å². The van der Waals surface area contributed by atoms with E-state index in [0.29, 0.717) is 12.0 Å². The molecule has 2 saturated heterocycles. The summed E-state index contributed by atoms with van der Waals surface area (Å²) in [5.74, 6) is 2.50. The number of hydrogen-bond acceptors (Lipinski definition) is 4. The van der Waals surface area contributed by atoms with E-state index in [4.69, 9.17) is 4.98 Å². The minimum absolute atomic E-state index is 0.0211. The monoisotopic (exact) mass is 522 g/mol. The summed E-state index contributed by atoms with van der Waals surface area (Å²) >= 11 is 0. The molecule has 2 aromatic heterocycles. The smallest absolute Gasteiger partial charge is 0.226 e. The number of aromatic amines is 2. The van der Waals surface area contributed by atoms with Crippen molar-refractivity contribution in [2.75, 3.05) is 13.1 Å². The zero-order valence-electron chi connectivity index (χ0n) is 23.1. The number of likely N-dealkylation sites (tertiary alicyclic amines) is 1. The molecule has 39 heavy (non-hydrogen) atoms. The van der Waals surface area contributed by atoms with Crippen molar-refractivity contribution in [3.63, 3.8) is 0 Å². The molecule has 3 atom stereocenters. The average molecular weight is 523 g/mol. The van der Waals surface area contributed by atoms with Crippen LogP contribution in [0.25, 0.3) is 33.6 Å². The number of H-pyrrole nitrogens is 2. The molecule has 3 N–H and O–H groups in total. The minimum atomic E-state index is 0.0211. The molecule has 0 bridgehead atoms. The number of carbonyl (C=O) groups excluding carboxylic acids is 1. The summed E-state index contributed by atoms with van der Waals surface area (Å²) in [4.78, 5) is 31.4. The standard InChI is InChI=1S/C32H38N6O/c1-20(2)21(3)32(39)38-17-5-7-29(38)31-35-19-28(37-31)25-14-10-23(11-15-25)22-8-12-24(13-9-22)27-18-34-30(36-27)26-6-4-16-33-26/h8-15,18-21,26,29,33H,4-7,16-17H2,1-3H3,(H,34,36)(H,35,37)/t21-,26-,29-/m0/s1. The summed E-state index contributed by atoms with van der Waals surface area (Å²) in [6, 6.07) is 17.6. The Morgan fingerprint density at radius 1 is 0.795 bits per heavy atom. The lowest BCUT2D eigenvalue weighted by Gasteiger charge is -2.27. The molecule has 0 aliphatic carbocycles. The molecule has 0 saturated carbocycles. The Kier molecular flexibility index (Phi) is 7.09. The van der Waals surface area contributed by atoms with Crippen LogP contribution in [-0.4, -0.2) is 43.8 Å². The maximum atomic E-state index is 13.1. The van der Waals surface area contributed by atoms with Gasteiger partial charge in [-0.2, -0.15) is 0 Å². The highest BCUT2D eigenvalue weighted by Gasteiger charge is 2.34. The van der Waals surface area contributed by atoms with Crippen LogP contribution in [0.3, 0.4) is 0 Å². The average Bonchev–Trinajstić information content (AvgIpc) is 3.78. The summed E-state index contributed by atoms with van der Waals surface area (Å²) in [7, 11) is 0. The summed E-state index contributed by atoms with van der Waals surface area (Å²) in [6.07, 6.45) is 8.14. The van der Waals surface area contributed by atoms with Crippen molar-refractivity contribution in [1.82, 2.24) is 30.2 Å². The van der Waals surface area contributed by atoms with Crippen LogP contribution >= 0.6 is 0 Å². The first-order valence-corrected chi connectivity index (χ1v) is 14.3. The van der Waals surface area contributed by atoms with Gasteiger partial charge in [-0.3, -0.25) is 4.79 Å². The van der Waals surface area contributed by atoms with E-state index < -0.39 is 0 Å². The molecule has 2 aliphatic rings. The molecule has 2 fully saturated rings. The van der Waals surface area contributed by atoms with Crippen LogP contribution in [0.1, 0.15) is 70.2 Å². The molecule has 202 valence electrons. The van der Waals surface area contributed by atoms with E-state index in [9.17, 15) is 4.79 Å². The Balaban J connectivity index is 1.14. The normalized spacial score (nSPS) is 20.2. The second-order valence-electron chi connectivity index (χ2n) is 11.4. The van der Waals surface area contributed by atoms with Gasteiger partial charge < -0.3 is 20.2 Å². The fraction of sp³-hybridized carbons (Fsp3) is 0.406. The molecule has 2 aromatic carbocycles. The third-order valence-corrected chi connectivity index (χ3v) is 8.55. The Bertz CT molecular complexity index is 1410. The number of carbonyl (C=O) groups is 1. The van der Waals surface area contributed by atoms with Gasteiger partial charge in [-0.05, 0) is 60.4 Å². The van der Waals surface area contributed by atoms with Crippen LogP contribution in [0.5, 0.6) is 0 Å². The SMILES string of the molecule is CC(C)[C@H](C)C(=O)N1CCC[C@H]1c1ncc(-c2ccc(-c3ccc(-c4cnc([C@@H]5CCCN5)[nH]4)cc3)cc2)[nH]1. The predicted molar refractivity (Wildman–Crippen MR) is 155 cm³/mol. The molecular formula is C32H38N6O. The van der Waals surface area contributed by atoms with Gasteiger partial charge in [0, 0.05) is 12.5 Å². The number of aromatic nitrogens is 4. The molecule has 4 heterocycles. The maximum Gasteiger partial charge on any atom is 0.226 e. The fourth-order valence-electron chi connectivity index (χ4n) is 5.78. The predicted octanol–water partition coefficient (Wildman–Crippen LogP) is 6.51. The number of benzene rings is 2. The van der Waals surface area contributed by atoms with Gasteiger partial charge in [-0.15, -0.1) is 0 Å². The van der Waals surface area contributed by atoms with Gasteiger partial charge in [-0.25, -0.2) is 9.97 Å². The molecule has 0 spiro atoms. The molecule has 6 rings (SSSR count). The molecule has 2 aliphatic heterocycles. The van der Waals surface area contributed by atoms with Crippen molar-refractivity contribution in [3.05, 3.63) is 72.6 Å². The lowest BCUT2D eigenvalue weighted by atomic mass is 9.96. The number of imidazole rings is 2. The van der Waals surface area contributed by atoms with E-state index in [-0.39, 0.29) is 17.9 Å². The molecule has 0 radical (unpaired) electrons. The highest BCUT2D eigenvalue weighted by molar-refractivity contribution is 5.79. The first-order valence-electron chi connectivity index (χ1n) is 14.3. The second-order valence-corrected chi connectivity index (χ2v) is 11.4. The third-order valence-electron chi connectivity index (χ3n) is 8.55. The van der Waals surface area contributed by atoms with E-state index in [2.05, 4.69) is 82.6 Å². The maximum absolute atomic E-state index is 13.1. The zero-order chi connectivity index (χ0) is 26.9. The van der Waals surface area contributed by atoms with Gasteiger partial charge >= 0.3 is 0 Å². The third kappa shape index (κ3) is 5.15. The van der Waals surface area contributed by atoms with Gasteiger partial charge in [0.2, 0.25) is 5.91 Å². The van der Waals surface area contributed by atoms with Gasteiger partial charge in [0.15, 0.2) is 0 Å². The summed E-state index contributed by atoms with van der Waals surface area (Å²) in [5.41, 5.74) is 6.60. The summed E-state index contributed by atoms with van der Waals surface area (Å²) < 4.78 is 0. The molecular weight excluding hydrogens is 484 g/mol. The van der Waals surface area contributed by atoms with Crippen molar-refractivity contribution in [3.8, 4) is 33.6 Å².